The number of rotatable bonds is 5. The Balaban J connectivity index is 1.50. The summed E-state index contributed by atoms with van der Waals surface area (Å²) in [5, 5.41) is 4.88. The van der Waals surface area contributed by atoms with Crippen LogP contribution in [0.25, 0.3) is 11.0 Å². The van der Waals surface area contributed by atoms with E-state index in [0.29, 0.717) is 37.0 Å². The molecule has 3 aromatic rings. The third-order valence-corrected chi connectivity index (χ3v) is 7.95. The molecule has 1 aliphatic heterocycles. The van der Waals surface area contributed by atoms with Crippen LogP contribution >= 0.6 is 23.1 Å². The lowest BCUT2D eigenvalue weighted by molar-refractivity contribution is -0.126. The van der Waals surface area contributed by atoms with Crippen LogP contribution in [0.2, 0.25) is 0 Å². The van der Waals surface area contributed by atoms with Gasteiger partial charge < -0.3 is 5.32 Å². The largest absolute Gasteiger partial charge is 0.351 e. The molecule has 10 heteroatoms. The molecule has 142 valence electrons. The standard InChI is InChI=1S/C17H18N4O3S3/c22-17(18-10-13-5-3-9-25-13)12-4-2-8-21(11-12)27(23,24)15-7-1-6-14-16(15)20-26-19-14/h1,3,5-7,9,12H,2,4,8,10-11H2,(H,18,22)/t12-/m1/s1. The molecule has 4 rings (SSSR count). The van der Waals surface area contributed by atoms with Crippen molar-refractivity contribution in [3.63, 3.8) is 0 Å². The van der Waals surface area contributed by atoms with Crippen molar-refractivity contribution < 1.29 is 13.2 Å². The lowest BCUT2D eigenvalue weighted by atomic mass is 9.99. The van der Waals surface area contributed by atoms with E-state index in [1.54, 1.807) is 29.5 Å². The molecular weight excluding hydrogens is 404 g/mol. The van der Waals surface area contributed by atoms with Crippen LogP contribution in [0.1, 0.15) is 17.7 Å². The van der Waals surface area contributed by atoms with Crippen LogP contribution in [0, 0.1) is 5.92 Å². The van der Waals surface area contributed by atoms with Crippen molar-refractivity contribution in [2.45, 2.75) is 24.3 Å². The zero-order chi connectivity index (χ0) is 18.9. The van der Waals surface area contributed by atoms with Crippen molar-refractivity contribution in [2.75, 3.05) is 13.1 Å². The zero-order valence-corrected chi connectivity index (χ0v) is 16.8. The highest BCUT2D eigenvalue weighted by Crippen LogP contribution is 2.28. The minimum atomic E-state index is -3.72. The summed E-state index contributed by atoms with van der Waals surface area (Å²) in [5.74, 6) is -0.446. The molecule has 1 N–H and O–H groups in total. The molecule has 0 aliphatic carbocycles. The summed E-state index contributed by atoms with van der Waals surface area (Å²) < 4.78 is 35.9. The smallest absolute Gasteiger partial charge is 0.245 e. The summed E-state index contributed by atoms with van der Waals surface area (Å²) in [7, 11) is -3.72. The number of nitrogens with one attached hydrogen (secondary N) is 1. The minimum Gasteiger partial charge on any atom is -0.351 e. The van der Waals surface area contributed by atoms with Crippen LogP contribution < -0.4 is 5.32 Å². The quantitative estimate of drug-likeness (QED) is 0.682. The Hall–Kier alpha value is -1.88. The highest BCUT2D eigenvalue weighted by atomic mass is 32.2. The average Bonchev–Trinajstić information content (AvgIpc) is 3.37. The van der Waals surface area contributed by atoms with E-state index in [4.69, 9.17) is 0 Å². The molecule has 1 amide bonds. The number of carbonyl (C=O) groups is 1. The maximum Gasteiger partial charge on any atom is 0.245 e. The molecule has 27 heavy (non-hydrogen) atoms. The summed E-state index contributed by atoms with van der Waals surface area (Å²) in [6.07, 6.45) is 1.34. The van der Waals surface area contributed by atoms with E-state index in [0.717, 1.165) is 16.6 Å². The van der Waals surface area contributed by atoms with E-state index >= 15 is 0 Å². The van der Waals surface area contributed by atoms with E-state index in [9.17, 15) is 13.2 Å². The van der Waals surface area contributed by atoms with Crippen LogP contribution in [0.4, 0.5) is 0 Å². The van der Waals surface area contributed by atoms with Crippen LogP contribution in [-0.4, -0.2) is 40.5 Å². The molecule has 7 nitrogen and oxygen atoms in total. The third kappa shape index (κ3) is 3.75. The van der Waals surface area contributed by atoms with Gasteiger partial charge in [-0.2, -0.15) is 13.1 Å². The molecule has 1 atom stereocenters. The Morgan fingerprint density at radius 2 is 2.15 bits per heavy atom. The van der Waals surface area contributed by atoms with Gasteiger partial charge in [-0.05, 0) is 36.4 Å². The lowest BCUT2D eigenvalue weighted by Gasteiger charge is -2.31. The molecule has 1 saturated heterocycles. The first-order valence-electron chi connectivity index (χ1n) is 8.57. The Morgan fingerprint density at radius 1 is 1.26 bits per heavy atom. The van der Waals surface area contributed by atoms with Crippen LogP contribution in [0.15, 0.2) is 40.6 Å². The van der Waals surface area contributed by atoms with Gasteiger partial charge >= 0.3 is 0 Å². The molecule has 0 radical (unpaired) electrons. The molecule has 1 fully saturated rings. The van der Waals surface area contributed by atoms with Crippen LogP contribution in [0.3, 0.4) is 0 Å². The summed E-state index contributed by atoms with van der Waals surface area (Å²) in [5.41, 5.74) is 0.968. The molecule has 0 saturated carbocycles. The first-order chi connectivity index (χ1) is 13.1. The van der Waals surface area contributed by atoms with Gasteiger partial charge in [0.15, 0.2) is 0 Å². The van der Waals surface area contributed by atoms with Gasteiger partial charge in [0, 0.05) is 18.0 Å². The number of amides is 1. The van der Waals surface area contributed by atoms with Crippen molar-refractivity contribution >= 4 is 50.0 Å². The lowest BCUT2D eigenvalue weighted by Crippen LogP contribution is -2.45. The number of fused-ring (bicyclic) bond motifs is 1. The number of piperidine rings is 1. The van der Waals surface area contributed by atoms with E-state index in [1.165, 1.54) is 4.31 Å². The summed E-state index contributed by atoms with van der Waals surface area (Å²) in [6.45, 7) is 1.07. The highest BCUT2D eigenvalue weighted by Gasteiger charge is 2.34. The Labute approximate surface area is 165 Å². The van der Waals surface area contributed by atoms with Crippen molar-refractivity contribution in [1.82, 2.24) is 18.4 Å². The summed E-state index contributed by atoms with van der Waals surface area (Å²) in [6, 6.07) is 8.88. The predicted molar refractivity (Wildman–Crippen MR) is 105 cm³/mol. The Kier molecular flexibility index (Phi) is 5.22. The molecule has 0 bridgehead atoms. The summed E-state index contributed by atoms with van der Waals surface area (Å²) >= 11 is 2.58. The van der Waals surface area contributed by atoms with Crippen molar-refractivity contribution in [2.24, 2.45) is 5.92 Å². The second-order valence-electron chi connectivity index (χ2n) is 6.39. The molecule has 1 aliphatic rings. The van der Waals surface area contributed by atoms with Gasteiger partial charge in [0.25, 0.3) is 0 Å². The number of sulfonamides is 1. The number of nitrogens with zero attached hydrogens (tertiary/aromatic N) is 3. The van der Waals surface area contributed by atoms with Crippen LogP contribution in [0.5, 0.6) is 0 Å². The number of carbonyl (C=O) groups excluding carboxylic acids is 1. The van der Waals surface area contributed by atoms with Gasteiger partial charge in [-0.3, -0.25) is 4.79 Å². The Bertz CT molecular complexity index is 1050. The van der Waals surface area contributed by atoms with Gasteiger partial charge in [0.2, 0.25) is 15.9 Å². The highest BCUT2D eigenvalue weighted by molar-refractivity contribution is 7.89. The Morgan fingerprint density at radius 3 is 2.96 bits per heavy atom. The maximum atomic E-state index is 13.1. The third-order valence-electron chi connectivity index (χ3n) is 4.64. The fourth-order valence-electron chi connectivity index (χ4n) is 3.24. The molecule has 1 aromatic carbocycles. The first kappa shape index (κ1) is 18.5. The summed E-state index contributed by atoms with van der Waals surface area (Å²) in [4.78, 5) is 13.8. The first-order valence-corrected chi connectivity index (χ1v) is 11.6. The predicted octanol–water partition coefficient (Wildman–Crippen LogP) is 2.47. The zero-order valence-electron chi connectivity index (χ0n) is 14.4. The van der Waals surface area contributed by atoms with Crippen LogP contribution in [-0.2, 0) is 21.4 Å². The van der Waals surface area contributed by atoms with Gasteiger partial charge in [-0.25, -0.2) is 8.42 Å². The topological polar surface area (TPSA) is 92.3 Å². The van der Waals surface area contributed by atoms with E-state index in [2.05, 4.69) is 14.1 Å². The fraction of sp³-hybridized carbons (Fsp3) is 0.353. The number of hydrogen-bond donors (Lipinski definition) is 1. The molecule has 0 spiro atoms. The molecule has 0 unspecified atom stereocenters. The minimum absolute atomic E-state index is 0.100. The normalized spacial score (nSPS) is 18.6. The number of thiophene rings is 1. The van der Waals surface area contributed by atoms with E-state index in [-0.39, 0.29) is 23.3 Å². The number of hydrogen-bond acceptors (Lipinski definition) is 7. The van der Waals surface area contributed by atoms with E-state index in [1.807, 2.05) is 17.5 Å². The SMILES string of the molecule is O=C(NCc1cccs1)[C@@H]1CCCN(S(=O)(=O)c2cccc3nsnc23)C1. The maximum absolute atomic E-state index is 13.1. The second-order valence-corrected chi connectivity index (χ2v) is 9.85. The molecule has 3 heterocycles. The van der Waals surface area contributed by atoms with Gasteiger partial charge in [-0.1, -0.05) is 12.1 Å². The van der Waals surface area contributed by atoms with E-state index < -0.39 is 10.0 Å². The fourth-order valence-corrected chi connectivity index (χ4v) is 6.16. The number of aromatic nitrogens is 2. The van der Waals surface area contributed by atoms with Crippen molar-refractivity contribution in [1.29, 1.82) is 0 Å². The van der Waals surface area contributed by atoms with Gasteiger partial charge in [-0.15, -0.1) is 11.3 Å². The number of benzene rings is 1. The average molecular weight is 423 g/mol. The van der Waals surface area contributed by atoms with Crippen molar-refractivity contribution in [3.05, 3.63) is 40.6 Å². The van der Waals surface area contributed by atoms with Gasteiger partial charge in [0.05, 0.1) is 24.2 Å². The monoisotopic (exact) mass is 422 g/mol. The molecular formula is C17H18N4O3S3. The molecule has 2 aromatic heterocycles. The second kappa shape index (κ2) is 7.63. The van der Waals surface area contributed by atoms with Crippen molar-refractivity contribution in [3.8, 4) is 0 Å². The van der Waals surface area contributed by atoms with Gasteiger partial charge in [0.1, 0.15) is 15.9 Å².